The molecule has 0 unspecified atom stereocenters. The van der Waals surface area contributed by atoms with Gasteiger partial charge in [0.25, 0.3) is 0 Å². The third-order valence-corrected chi connectivity index (χ3v) is 6.22. The van der Waals surface area contributed by atoms with Gasteiger partial charge in [0.1, 0.15) is 29.8 Å². The second kappa shape index (κ2) is 8.80. The van der Waals surface area contributed by atoms with Crippen LogP contribution in [0.4, 0.5) is 0 Å². The lowest BCUT2D eigenvalue weighted by atomic mass is 9.90. The molecular formula is C25H30O5. The molecule has 4 rings (SSSR count). The lowest BCUT2D eigenvalue weighted by molar-refractivity contribution is -0.157. The first-order valence-electron chi connectivity index (χ1n) is 10.7. The third-order valence-electron chi connectivity index (χ3n) is 6.22. The van der Waals surface area contributed by atoms with Crippen LogP contribution >= 0.6 is 0 Å². The smallest absolute Gasteiger partial charge is 0.152 e. The summed E-state index contributed by atoms with van der Waals surface area (Å²) < 4.78 is 11.7. The maximum absolute atomic E-state index is 10.4. The summed E-state index contributed by atoms with van der Waals surface area (Å²) in [5.74, 6) is 0.985. The second-order valence-electron chi connectivity index (χ2n) is 8.46. The van der Waals surface area contributed by atoms with E-state index in [2.05, 4.69) is 18.7 Å². The molecule has 2 fully saturated rings. The summed E-state index contributed by atoms with van der Waals surface area (Å²) in [4.78, 5) is 0. The highest BCUT2D eigenvalue weighted by atomic mass is 16.5. The van der Waals surface area contributed by atoms with Gasteiger partial charge in [-0.25, -0.2) is 0 Å². The standard InChI is InChI=1S/C25H30O5/c1-15-7-10-18(25-24(28)23(27)22(26)16(2)29-25)14-19(15)13-17-8-11-21(12-9-17)30-20-5-3-4-6-20/h7-12,14,20,22-28H,2-6,13H2,1H3/t22-,23+,24-,25+/m1/s1. The molecule has 2 aromatic carbocycles. The zero-order valence-corrected chi connectivity index (χ0v) is 17.3. The number of aliphatic hydroxyl groups is 3. The number of hydrogen-bond donors (Lipinski definition) is 3. The van der Waals surface area contributed by atoms with Gasteiger partial charge < -0.3 is 24.8 Å². The van der Waals surface area contributed by atoms with Crippen molar-refractivity contribution in [3.8, 4) is 5.75 Å². The molecule has 2 aliphatic rings. The largest absolute Gasteiger partial charge is 0.490 e. The van der Waals surface area contributed by atoms with Crippen molar-refractivity contribution >= 4 is 0 Å². The highest BCUT2D eigenvalue weighted by Crippen LogP contribution is 2.34. The molecule has 2 aromatic rings. The topological polar surface area (TPSA) is 79.2 Å². The maximum atomic E-state index is 10.4. The zero-order valence-electron chi connectivity index (χ0n) is 17.3. The maximum Gasteiger partial charge on any atom is 0.152 e. The van der Waals surface area contributed by atoms with E-state index < -0.39 is 24.4 Å². The van der Waals surface area contributed by atoms with E-state index in [0.29, 0.717) is 6.10 Å². The van der Waals surface area contributed by atoms with E-state index in [4.69, 9.17) is 9.47 Å². The van der Waals surface area contributed by atoms with Gasteiger partial charge in [0.05, 0.1) is 6.10 Å². The van der Waals surface area contributed by atoms with Crippen LogP contribution in [0, 0.1) is 6.92 Å². The van der Waals surface area contributed by atoms with Crippen LogP contribution in [0.1, 0.15) is 54.0 Å². The molecule has 0 aromatic heterocycles. The minimum atomic E-state index is -1.33. The molecule has 5 heteroatoms. The first kappa shape index (κ1) is 20.9. The van der Waals surface area contributed by atoms with Crippen molar-refractivity contribution in [2.45, 2.75) is 69.5 Å². The molecule has 1 aliphatic carbocycles. The Morgan fingerprint density at radius 1 is 1.00 bits per heavy atom. The number of ether oxygens (including phenoxy) is 2. The monoisotopic (exact) mass is 410 g/mol. The van der Waals surface area contributed by atoms with Crippen molar-refractivity contribution in [2.24, 2.45) is 0 Å². The average molecular weight is 411 g/mol. The summed E-state index contributed by atoms with van der Waals surface area (Å²) in [6, 6.07) is 14.1. The van der Waals surface area contributed by atoms with Crippen LogP contribution in [0.15, 0.2) is 54.8 Å². The van der Waals surface area contributed by atoms with Crippen LogP contribution in [0.5, 0.6) is 5.75 Å². The summed E-state index contributed by atoms with van der Waals surface area (Å²) in [6.07, 6.45) is 1.26. The van der Waals surface area contributed by atoms with E-state index in [0.717, 1.165) is 41.7 Å². The molecule has 160 valence electrons. The molecule has 1 saturated carbocycles. The Morgan fingerprint density at radius 2 is 1.70 bits per heavy atom. The first-order valence-corrected chi connectivity index (χ1v) is 10.7. The molecule has 1 heterocycles. The van der Waals surface area contributed by atoms with Crippen molar-refractivity contribution < 1.29 is 24.8 Å². The van der Waals surface area contributed by atoms with Gasteiger partial charge in [-0.05, 0) is 73.4 Å². The van der Waals surface area contributed by atoms with Crippen molar-refractivity contribution in [2.75, 3.05) is 0 Å². The SMILES string of the molecule is C=C1O[C@@H](c2ccc(C)c(Cc3ccc(OC4CCCC4)cc3)c2)[C@H](O)[C@@H](O)[C@@H]1O. The van der Waals surface area contributed by atoms with Gasteiger partial charge in [0.15, 0.2) is 6.10 Å². The fourth-order valence-electron chi connectivity index (χ4n) is 4.29. The van der Waals surface area contributed by atoms with E-state index in [1.807, 2.05) is 37.3 Å². The van der Waals surface area contributed by atoms with Crippen LogP contribution in [-0.2, 0) is 11.2 Å². The molecule has 0 spiro atoms. The molecule has 5 nitrogen and oxygen atoms in total. The number of hydrogen-bond acceptors (Lipinski definition) is 5. The average Bonchev–Trinajstić information content (AvgIpc) is 3.25. The Hall–Kier alpha value is -2.34. The van der Waals surface area contributed by atoms with Gasteiger partial charge in [-0.3, -0.25) is 0 Å². The fraction of sp³-hybridized carbons (Fsp3) is 0.440. The Morgan fingerprint density at radius 3 is 2.40 bits per heavy atom. The van der Waals surface area contributed by atoms with Crippen molar-refractivity contribution in [1.29, 1.82) is 0 Å². The third kappa shape index (κ3) is 4.38. The minimum Gasteiger partial charge on any atom is -0.490 e. The molecule has 4 atom stereocenters. The van der Waals surface area contributed by atoms with Gasteiger partial charge in [0.2, 0.25) is 0 Å². The fourth-order valence-corrected chi connectivity index (χ4v) is 4.29. The van der Waals surface area contributed by atoms with Gasteiger partial charge in [-0.1, -0.05) is 36.9 Å². The lowest BCUT2D eigenvalue weighted by Gasteiger charge is -2.37. The Bertz CT molecular complexity index is 885. The first-order chi connectivity index (χ1) is 14.4. The molecule has 0 radical (unpaired) electrons. The number of aryl methyl sites for hydroxylation is 1. The summed E-state index contributed by atoms with van der Waals surface area (Å²) in [5.41, 5.74) is 4.16. The van der Waals surface area contributed by atoms with Crippen LogP contribution in [0.2, 0.25) is 0 Å². The lowest BCUT2D eigenvalue weighted by Crippen LogP contribution is -2.47. The second-order valence-corrected chi connectivity index (χ2v) is 8.46. The van der Waals surface area contributed by atoms with E-state index in [-0.39, 0.29) is 5.76 Å². The summed E-state index contributed by atoms with van der Waals surface area (Å²) >= 11 is 0. The quantitative estimate of drug-likeness (QED) is 0.702. The molecule has 0 bridgehead atoms. The molecule has 1 saturated heterocycles. The van der Waals surface area contributed by atoms with E-state index in [1.165, 1.54) is 18.4 Å². The van der Waals surface area contributed by atoms with Crippen molar-refractivity contribution in [3.05, 3.63) is 77.1 Å². The molecule has 30 heavy (non-hydrogen) atoms. The minimum absolute atomic E-state index is 0.0674. The van der Waals surface area contributed by atoms with Gasteiger partial charge in [-0.2, -0.15) is 0 Å². The zero-order chi connectivity index (χ0) is 21.3. The molecular weight excluding hydrogens is 380 g/mol. The number of aliphatic hydroxyl groups excluding tert-OH is 3. The van der Waals surface area contributed by atoms with E-state index in [9.17, 15) is 15.3 Å². The summed E-state index contributed by atoms with van der Waals surface area (Å²) in [6.45, 7) is 5.70. The molecule has 0 amide bonds. The van der Waals surface area contributed by atoms with E-state index in [1.54, 1.807) is 0 Å². The van der Waals surface area contributed by atoms with Crippen molar-refractivity contribution in [1.82, 2.24) is 0 Å². The highest BCUT2D eigenvalue weighted by Gasteiger charge is 2.41. The summed E-state index contributed by atoms with van der Waals surface area (Å²) in [5, 5.41) is 30.3. The predicted octanol–water partition coefficient (Wildman–Crippen LogP) is 3.57. The molecule has 1 aliphatic heterocycles. The van der Waals surface area contributed by atoms with Gasteiger partial charge in [0, 0.05) is 0 Å². The van der Waals surface area contributed by atoms with Gasteiger partial charge in [-0.15, -0.1) is 0 Å². The Labute approximate surface area is 177 Å². The van der Waals surface area contributed by atoms with Crippen molar-refractivity contribution in [3.63, 3.8) is 0 Å². The normalized spacial score (nSPS) is 27.1. The molecule has 3 N–H and O–H groups in total. The Kier molecular flexibility index (Phi) is 6.14. The van der Waals surface area contributed by atoms with E-state index >= 15 is 0 Å². The van der Waals surface area contributed by atoms with Crippen LogP contribution in [0.25, 0.3) is 0 Å². The number of benzene rings is 2. The highest BCUT2D eigenvalue weighted by molar-refractivity contribution is 5.38. The Balaban J connectivity index is 1.49. The van der Waals surface area contributed by atoms with Crippen LogP contribution < -0.4 is 4.74 Å². The predicted molar refractivity (Wildman–Crippen MR) is 114 cm³/mol. The summed E-state index contributed by atoms with van der Waals surface area (Å²) in [7, 11) is 0. The number of rotatable bonds is 5. The van der Waals surface area contributed by atoms with Crippen LogP contribution in [0.3, 0.4) is 0 Å². The van der Waals surface area contributed by atoms with Gasteiger partial charge >= 0.3 is 0 Å². The van der Waals surface area contributed by atoms with Crippen LogP contribution in [-0.4, -0.2) is 39.7 Å².